The largest absolute Gasteiger partial charge is 0.598 e. The lowest BCUT2D eigenvalue weighted by Gasteiger charge is -2.37. The fourth-order valence-electron chi connectivity index (χ4n) is 3.41. The third kappa shape index (κ3) is 6.60. The topological polar surface area (TPSA) is 81.4 Å². The summed E-state index contributed by atoms with van der Waals surface area (Å²) in [5.74, 6) is -3.16. The summed E-state index contributed by atoms with van der Waals surface area (Å²) in [7, 11) is 0. The number of halogens is 3. The van der Waals surface area contributed by atoms with Crippen LogP contribution in [-0.4, -0.2) is 45.8 Å². The van der Waals surface area contributed by atoms with Crippen molar-refractivity contribution in [2.45, 2.75) is 57.2 Å². The summed E-state index contributed by atoms with van der Waals surface area (Å²) in [5, 5.41) is 0. The summed E-state index contributed by atoms with van der Waals surface area (Å²) in [6.07, 6.45) is 1.65. The number of hydrogen-bond donors (Lipinski definition) is 2. The number of carbonyl (C=O) groups excluding carboxylic acids is 1. The van der Waals surface area contributed by atoms with Crippen molar-refractivity contribution in [3.05, 3.63) is 35.1 Å². The molecule has 1 fully saturated rings. The Balaban J connectivity index is 2.16. The first-order valence-corrected chi connectivity index (χ1v) is 11.0. The van der Waals surface area contributed by atoms with Gasteiger partial charge in [-0.1, -0.05) is 0 Å². The van der Waals surface area contributed by atoms with Gasteiger partial charge in [0, 0.05) is 43.5 Å². The second-order valence-electron chi connectivity index (χ2n) is 8.42. The molecule has 29 heavy (non-hydrogen) atoms. The van der Waals surface area contributed by atoms with Crippen LogP contribution < -0.4 is 10.5 Å². The van der Waals surface area contributed by atoms with Gasteiger partial charge in [0.2, 0.25) is 5.91 Å². The summed E-state index contributed by atoms with van der Waals surface area (Å²) < 4.78 is 56.3. The third-order valence-electron chi connectivity index (χ3n) is 5.16. The number of nitrogens with two attached hydrogens (primary N) is 1. The van der Waals surface area contributed by atoms with Crippen LogP contribution in [0.2, 0.25) is 0 Å². The van der Waals surface area contributed by atoms with E-state index in [-0.39, 0.29) is 23.8 Å². The minimum atomic E-state index is -1.42. The summed E-state index contributed by atoms with van der Waals surface area (Å²) in [5.41, 5.74) is 5.48. The highest BCUT2D eigenvalue weighted by Gasteiger charge is 2.35. The number of amides is 1. The fraction of sp³-hybridized carbons (Fsp3) is 0.650. The second-order valence-corrected chi connectivity index (χ2v) is 10.4. The fourth-order valence-corrected chi connectivity index (χ4v) is 4.31. The van der Waals surface area contributed by atoms with Crippen molar-refractivity contribution in [2.24, 2.45) is 11.7 Å². The Morgan fingerprint density at radius 2 is 1.83 bits per heavy atom. The van der Waals surface area contributed by atoms with Crippen molar-refractivity contribution >= 4 is 17.3 Å². The van der Waals surface area contributed by atoms with Gasteiger partial charge in [-0.2, -0.15) is 0 Å². The molecule has 2 atom stereocenters. The number of benzene rings is 1. The molecule has 2 rings (SSSR count). The molecule has 1 saturated heterocycles. The highest BCUT2D eigenvalue weighted by atomic mass is 32.2. The van der Waals surface area contributed by atoms with Crippen LogP contribution >= 0.6 is 0 Å². The molecule has 0 bridgehead atoms. The Morgan fingerprint density at radius 1 is 1.24 bits per heavy atom. The lowest BCUT2D eigenvalue weighted by atomic mass is 9.86. The predicted molar refractivity (Wildman–Crippen MR) is 108 cm³/mol. The van der Waals surface area contributed by atoms with E-state index in [1.54, 1.807) is 4.90 Å². The molecular weight excluding hydrogens is 403 g/mol. The van der Waals surface area contributed by atoms with Crippen LogP contribution in [0.3, 0.4) is 0 Å². The summed E-state index contributed by atoms with van der Waals surface area (Å²) in [4.78, 5) is 13.8. The first-order chi connectivity index (χ1) is 13.5. The molecule has 1 aromatic carbocycles. The maximum atomic E-state index is 14.2. The van der Waals surface area contributed by atoms with Crippen LogP contribution in [0.1, 0.15) is 45.6 Å². The highest BCUT2D eigenvalue weighted by Crippen LogP contribution is 2.27. The molecular formula is C20H30F3N3O2S. The molecule has 5 nitrogen and oxygen atoms in total. The van der Waals surface area contributed by atoms with Crippen molar-refractivity contribution < 1.29 is 22.5 Å². The van der Waals surface area contributed by atoms with Crippen molar-refractivity contribution in [1.82, 2.24) is 9.62 Å². The Labute approximate surface area is 173 Å². The smallest absolute Gasteiger partial charge is 0.223 e. The van der Waals surface area contributed by atoms with E-state index in [4.69, 9.17) is 5.73 Å². The molecule has 1 aliphatic heterocycles. The summed E-state index contributed by atoms with van der Waals surface area (Å²) >= 11 is -1.42. The molecule has 0 radical (unpaired) electrons. The molecule has 0 aliphatic carbocycles. The molecule has 9 heteroatoms. The number of carbonyl (C=O) groups is 1. The van der Waals surface area contributed by atoms with E-state index < -0.39 is 39.6 Å². The van der Waals surface area contributed by atoms with Crippen LogP contribution in [0.4, 0.5) is 13.2 Å². The molecule has 3 N–H and O–H groups in total. The molecule has 0 spiro atoms. The molecule has 1 unspecified atom stereocenters. The maximum Gasteiger partial charge on any atom is 0.223 e. The van der Waals surface area contributed by atoms with E-state index in [1.165, 1.54) is 0 Å². The first-order valence-electron chi connectivity index (χ1n) is 9.82. The maximum absolute atomic E-state index is 14.2. The zero-order valence-electron chi connectivity index (χ0n) is 17.1. The average Bonchev–Trinajstić information content (AvgIpc) is 2.65. The van der Waals surface area contributed by atoms with Crippen molar-refractivity contribution in [3.63, 3.8) is 0 Å². The number of rotatable bonds is 7. The van der Waals surface area contributed by atoms with E-state index in [2.05, 4.69) is 4.72 Å². The summed E-state index contributed by atoms with van der Waals surface area (Å²) in [6.45, 7) is 6.81. The molecule has 1 amide bonds. The Hall–Kier alpha value is -1.29. The Kier molecular flexibility index (Phi) is 8.39. The van der Waals surface area contributed by atoms with Gasteiger partial charge in [-0.15, -0.1) is 4.72 Å². The highest BCUT2D eigenvalue weighted by molar-refractivity contribution is 7.90. The van der Waals surface area contributed by atoms with Gasteiger partial charge in [0.25, 0.3) is 0 Å². The lowest BCUT2D eigenvalue weighted by molar-refractivity contribution is -0.132. The minimum absolute atomic E-state index is 0.000349. The quantitative estimate of drug-likeness (QED) is 0.512. The number of likely N-dealkylation sites (tertiary alicyclic amines) is 1. The van der Waals surface area contributed by atoms with E-state index >= 15 is 0 Å². The third-order valence-corrected chi connectivity index (χ3v) is 6.79. The van der Waals surface area contributed by atoms with Gasteiger partial charge in [-0.3, -0.25) is 4.79 Å². The Bertz CT molecular complexity index is 707. The van der Waals surface area contributed by atoms with Crippen LogP contribution in [-0.2, 0) is 22.6 Å². The van der Waals surface area contributed by atoms with Crippen molar-refractivity contribution in [3.8, 4) is 0 Å². The van der Waals surface area contributed by atoms with Crippen LogP contribution in [0.15, 0.2) is 12.1 Å². The zero-order chi connectivity index (χ0) is 21.8. The van der Waals surface area contributed by atoms with Gasteiger partial charge in [-0.25, -0.2) is 13.2 Å². The number of nitrogens with zero attached hydrogens (tertiary/aromatic N) is 1. The SMILES string of the molecule is CC(C)(C)[S+]([O-])N[C@H](Cc1cc(F)c(F)cc1F)C1CCN(C(=O)CCN)CC1. The normalized spacial score (nSPS) is 18.0. The zero-order valence-corrected chi connectivity index (χ0v) is 18.0. The number of piperidine rings is 1. The molecule has 0 aromatic heterocycles. The Morgan fingerprint density at radius 3 is 2.38 bits per heavy atom. The van der Waals surface area contributed by atoms with E-state index in [0.29, 0.717) is 45.0 Å². The molecule has 164 valence electrons. The van der Waals surface area contributed by atoms with Crippen LogP contribution in [0.5, 0.6) is 0 Å². The van der Waals surface area contributed by atoms with E-state index in [1.807, 2.05) is 20.8 Å². The predicted octanol–water partition coefficient (Wildman–Crippen LogP) is 2.65. The van der Waals surface area contributed by atoms with E-state index in [0.717, 1.165) is 6.07 Å². The van der Waals surface area contributed by atoms with Gasteiger partial charge in [0.05, 0.1) is 6.04 Å². The minimum Gasteiger partial charge on any atom is -0.598 e. The van der Waals surface area contributed by atoms with Gasteiger partial charge in [-0.05, 0) is 57.6 Å². The van der Waals surface area contributed by atoms with Gasteiger partial charge < -0.3 is 15.2 Å². The molecule has 1 heterocycles. The summed E-state index contributed by atoms with van der Waals surface area (Å²) in [6, 6.07) is 0.997. The second kappa shape index (κ2) is 10.1. The van der Waals surface area contributed by atoms with Gasteiger partial charge in [0.1, 0.15) is 10.6 Å². The lowest BCUT2D eigenvalue weighted by Crippen LogP contribution is -2.51. The van der Waals surface area contributed by atoms with Crippen LogP contribution in [0, 0.1) is 23.4 Å². The first kappa shape index (κ1) is 24.0. The average molecular weight is 434 g/mol. The molecule has 1 aromatic rings. The van der Waals surface area contributed by atoms with E-state index in [9.17, 15) is 22.5 Å². The van der Waals surface area contributed by atoms with Crippen molar-refractivity contribution in [1.29, 1.82) is 0 Å². The van der Waals surface area contributed by atoms with Gasteiger partial charge in [0.15, 0.2) is 11.6 Å². The number of hydrogen-bond acceptors (Lipinski definition) is 4. The molecule has 0 saturated carbocycles. The molecule has 1 aliphatic rings. The van der Waals surface area contributed by atoms with Crippen LogP contribution in [0.25, 0.3) is 0 Å². The standard InChI is InChI=1S/C20H30F3N3O2S/c1-20(2,3)29(28)25-18(11-14-10-16(22)17(23)12-15(14)21)13-5-8-26(9-6-13)19(27)4-7-24/h10,12-13,18,25H,4-9,11,24H2,1-3H3/t18-,29?/m1/s1. The van der Waals surface area contributed by atoms with Crippen molar-refractivity contribution in [2.75, 3.05) is 19.6 Å². The van der Waals surface area contributed by atoms with Gasteiger partial charge >= 0.3 is 0 Å². The monoisotopic (exact) mass is 433 g/mol. The number of nitrogens with one attached hydrogen (secondary N) is 1.